The van der Waals surface area contributed by atoms with Crippen LogP contribution in [0.2, 0.25) is 0 Å². The van der Waals surface area contributed by atoms with Gasteiger partial charge in [0, 0.05) is 38.4 Å². The second-order valence-corrected chi connectivity index (χ2v) is 8.53. The lowest BCUT2D eigenvalue weighted by molar-refractivity contribution is 0.0696. The van der Waals surface area contributed by atoms with Crippen molar-refractivity contribution in [3.8, 4) is 0 Å². The summed E-state index contributed by atoms with van der Waals surface area (Å²) in [6.07, 6.45) is 0. The molecule has 2 aromatic rings. The third-order valence-electron chi connectivity index (χ3n) is 4.60. The van der Waals surface area contributed by atoms with Crippen molar-refractivity contribution in [2.75, 3.05) is 38.5 Å². The zero-order valence-corrected chi connectivity index (χ0v) is 15.9. The summed E-state index contributed by atoms with van der Waals surface area (Å²) in [7, 11) is -1.54. The van der Waals surface area contributed by atoms with Crippen LogP contribution in [0.3, 0.4) is 0 Å². The van der Waals surface area contributed by atoms with Crippen LogP contribution in [-0.4, -0.2) is 61.9 Å². The van der Waals surface area contributed by atoms with E-state index in [1.165, 1.54) is 10.4 Å². The van der Waals surface area contributed by atoms with E-state index in [0.717, 1.165) is 18.7 Å². The Morgan fingerprint density at radius 3 is 2.48 bits per heavy atom. The van der Waals surface area contributed by atoms with Crippen LogP contribution in [-0.2, 0) is 16.6 Å². The largest absolute Gasteiger partial charge is 0.478 e. The third kappa shape index (κ3) is 4.65. The predicted octanol–water partition coefficient (Wildman–Crippen LogP) is 1.93. The Bertz CT molecular complexity index is 922. The van der Waals surface area contributed by atoms with Crippen LogP contribution in [0.4, 0.5) is 5.69 Å². The van der Waals surface area contributed by atoms with Crippen LogP contribution in [0.15, 0.2) is 53.4 Å². The van der Waals surface area contributed by atoms with Gasteiger partial charge in [0.15, 0.2) is 0 Å². The first kappa shape index (κ1) is 19.3. The Balaban J connectivity index is 1.72. The first-order valence-electron chi connectivity index (χ1n) is 8.71. The number of sulfonamides is 1. The monoisotopic (exact) mass is 389 g/mol. The van der Waals surface area contributed by atoms with Crippen LogP contribution in [0.25, 0.3) is 0 Å². The summed E-state index contributed by atoms with van der Waals surface area (Å²) >= 11 is 0. The summed E-state index contributed by atoms with van der Waals surface area (Å²) < 4.78 is 27.2. The predicted molar refractivity (Wildman–Crippen MR) is 103 cm³/mol. The van der Waals surface area contributed by atoms with Gasteiger partial charge in [-0.05, 0) is 42.9 Å². The van der Waals surface area contributed by atoms with Gasteiger partial charge < -0.3 is 15.3 Å². The summed E-state index contributed by atoms with van der Waals surface area (Å²) in [6.45, 7) is 2.81. The van der Waals surface area contributed by atoms with E-state index in [1.807, 2.05) is 13.1 Å². The Morgan fingerprint density at radius 1 is 1.07 bits per heavy atom. The Hall–Kier alpha value is -2.42. The van der Waals surface area contributed by atoms with Crippen LogP contribution in [0.1, 0.15) is 15.9 Å². The Labute approximate surface area is 159 Å². The molecule has 3 rings (SSSR count). The highest BCUT2D eigenvalue weighted by Crippen LogP contribution is 2.21. The van der Waals surface area contributed by atoms with Gasteiger partial charge >= 0.3 is 5.97 Å². The smallest absolute Gasteiger partial charge is 0.335 e. The molecule has 2 N–H and O–H groups in total. The van der Waals surface area contributed by atoms with E-state index in [0.29, 0.717) is 25.3 Å². The second-order valence-electron chi connectivity index (χ2n) is 6.59. The van der Waals surface area contributed by atoms with E-state index >= 15 is 0 Å². The number of piperazine rings is 1. The van der Waals surface area contributed by atoms with Crippen molar-refractivity contribution >= 4 is 21.7 Å². The molecule has 0 amide bonds. The number of aromatic carboxylic acids is 1. The minimum Gasteiger partial charge on any atom is -0.478 e. The summed E-state index contributed by atoms with van der Waals surface area (Å²) in [4.78, 5) is 13.4. The quantitative estimate of drug-likeness (QED) is 0.785. The molecule has 144 valence electrons. The summed E-state index contributed by atoms with van der Waals surface area (Å²) in [6, 6.07) is 13.4. The highest BCUT2D eigenvalue weighted by Gasteiger charge is 2.27. The molecule has 7 nitrogen and oxygen atoms in total. The molecule has 1 saturated heterocycles. The van der Waals surface area contributed by atoms with Crippen molar-refractivity contribution in [3.05, 3.63) is 59.7 Å². The molecule has 0 spiro atoms. The van der Waals surface area contributed by atoms with Crippen LogP contribution in [0.5, 0.6) is 0 Å². The first-order valence-corrected chi connectivity index (χ1v) is 10.1. The van der Waals surface area contributed by atoms with Crippen molar-refractivity contribution in [3.63, 3.8) is 0 Å². The van der Waals surface area contributed by atoms with Gasteiger partial charge in [-0.15, -0.1) is 0 Å². The molecular weight excluding hydrogens is 366 g/mol. The number of nitrogens with zero attached hydrogens (tertiary/aromatic N) is 2. The fourth-order valence-electron chi connectivity index (χ4n) is 2.96. The average molecular weight is 389 g/mol. The SMILES string of the molecule is CN1CCN(S(=O)(=O)c2cccc(NCc3cccc(C(=O)O)c3)c2)CC1. The van der Waals surface area contributed by atoms with E-state index in [2.05, 4.69) is 10.2 Å². The molecule has 2 aromatic carbocycles. The maximum atomic E-state index is 12.9. The number of hydrogen-bond acceptors (Lipinski definition) is 5. The zero-order valence-electron chi connectivity index (χ0n) is 15.1. The van der Waals surface area contributed by atoms with Crippen LogP contribution < -0.4 is 5.32 Å². The van der Waals surface area contributed by atoms with E-state index < -0.39 is 16.0 Å². The van der Waals surface area contributed by atoms with Crippen molar-refractivity contribution in [1.82, 2.24) is 9.21 Å². The molecule has 0 bridgehead atoms. The lowest BCUT2D eigenvalue weighted by Crippen LogP contribution is -2.47. The Kier molecular flexibility index (Phi) is 5.79. The number of carbonyl (C=O) groups is 1. The van der Waals surface area contributed by atoms with E-state index in [9.17, 15) is 13.2 Å². The number of rotatable bonds is 6. The highest BCUT2D eigenvalue weighted by molar-refractivity contribution is 7.89. The van der Waals surface area contributed by atoms with Gasteiger partial charge in [-0.25, -0.2) is 13.2 Å². The van der Waals surface area contributed by atoms with E-state index in [4.69, 9.17) is 5.11 Å². The van der Waals surface area contributed by atoms with E-state index in [-0.39, 0.29) is 10.5 Å². The molecular formula is C19H23N3O4S. The minimum absolute atomic E-state index is 0.223. The lowest BCUT2D eigenvalue weighted by Gasteiger charge is -2.31. The van der Waals surface area contributed by atoms with Gasteiger partial charge in [-0.3, -0.25) is 0 Å². The standard InChI is InChI=1S/C19H23N3O4S/c1-21-8-10-22(11-9-21)27(25,26)18-7-3-6-17(13-18)20-14-15-4-2-5-16(12-15)19(23)24/h2-7,12-13,20H,8-11,14H2,1H3,(H,23,24). The molecule has 1 aliphatic heterocycles. The number of benzene rings is 2. The van der Waals surface area contributed by atoms with Gasteiger partial charge in [-0.2, -0.15) is 4.31 Å². The number of nitrogens with one attached hydrogen (secondary N) is 1. The number of hydrogen-bond donors (Lipinski definition) is 2. The third-order valence-corrected chi connectivity index (χ3v) is 6.50. The maximum Gasteiger partial charge on any atom is 0.335 e. The normalized spacial score (nSPS) is 16.2. The molecule has 0 atom stereocenters. The van der Waals surface area contributed by atoms with Gasteiger partial charge in [0.05, 0.1) is 10.5 Å². The summed E-state index contributed by atoms with van der Waals surface area (Å²) in [5.41, 5.74) is 1.70. The fraction of sp³-hybridized carbons (Fsp3) is 0.316. The highest BCUT2D eigenvalue weighted by atomic mass is 32.2. The van der Waals surface area contributed by atoms with Gasteiger partial charge in [-0.1, -0.05) is 18.2 Å². The maximum absolute atomic E-state index is 12.9. The fourth-order valence-corrected chi connectivity index (χ4v) is 4.43. The lowest BCUT2D eigenvalue weighted by atomic mass is 10.1. The number of carboxylic acids is 1. The van der Waals surface area contributed by atoms with Crippen molar-refractivity contribution in [1.29, 1.82) is 0 Å². The van der Waals surface area contributed by atoms with Crippen LogP contribution in [0, 0.1) is 0 Å². The van der Waals surface area contributed by atoms with Gasteiger partial charge in [0.1, 0.15) is 0 Å². The number of anilines is 1. The number of likely N-dealkylation sites (N-methyl/N-ethyl adjacent to an activating group) is 1. The molecule has 0 aliphatic carbocycles. The summed E-state index contributed by atoms with van der Waals surface area (Å²) in [5.74, 6) is -0.975. The van der Waals surface area contributed by atoms with Gasteiger partial charge in [0.2, 0.25) is 10.0 Å². The van der Waals surface area contributed by atoms with Crippen molar-refractivity contribution < 1.29 is 18.3 Å². The van der Waals surface area contributed by atoms with Gasteiger partial charge in [0.25, 0.3) is 0 Å². The molecule has 0 unspecified atom stereocenters. The average Bonchev–Trinajstić information content (AvgIpc) is 2.67. The molecule has 1 heterocycles. The van der Waals surface area contributed by atoms with Crippen molar-refractivity contribution in [2.45, 2.75) is 11.4 Å². The Morgan fingerprint density at radius 2 is 1.78 bits per heavy atom. The summed E-state index contributed by atoms with van der Waals surface area (Å²) in [5, 5.41) is 12.2. The molecule has 0 aromatic heterocycles. The molecule has 1 fully saturated rings. The van der Waals surface area contributed by atoms with Crippen LogP contribution >= 0.6 is 0 Å². The molecule has 1 aliphatic rings. The second kappa shape index (κ2) is 8.08. The molecule has 0 radical (unpaired) electrons. The molecule has 27 heavy (non-hydrogen) atoms. The number of carboxylic acid groups (broad SMARTS) is 1. The minimum atomic E-state index is -3.52. The molecule has 8 heteroatoms. The zero-order chi connectivity index (χ0) is 19.4. The topological polar surface area (TPSA) is 90.0 Å². The first-order chi connectivity index (χ1) is 12.9. The van der Waals surface area contributed by atoms with E-state index in [1.54, 1.807) is 36.4 Å². The van der Waals surface area contributed by atoms with Crippen molar-refractivity contribution in [2.24, 2.45) is 0 Å². The molecule has 0 saturated carbocycles.